The largest absolute Gasteiger partial charge is 0.314 e. The van der Waals surface area contributed by atoms with Crippen LogP contribution >= 0.6 is 23.2 Å². The highest BCUT2D eigenvalue weighted by Crippen LogP contribution is 2.26. The summed E-state index contributed by atoms with van der Waals surface area (Å²) >= 11 is 11.8. The van der Waals surface area contributed by atoms with Gasteiger partial charge in [-0.1, -0.05) is 30.1 Å². The van der Waals surface area contributed by atoms with E-state index in [9.17, 15) is 8.42 Å². The maximum absolute atomic E-state index is 12.2. The molecule has 0 radical (unpaired) electrons. The Balaban J connectivity index is 2.60. The number of hydrogen-bond donors (Lipinski definition) is 1. The number of hydrogen-bond acceptors (Lipinski definition) is 3. The maximum atomic E-state index is 12.2. The van der Waals surface area contributed by atoms with Gasteiger partial charge in [0.2, 0.25) is 0 Å². The van der Waals surface area contributed by atoms with Crippen LogP contribution in [0.4, 0.5) is 0 Å². The number of benzene rings is 1. The Morgan fingerprint density at radius 2 is 2.00 bits per heavy atom. The van der Waals surface area contributed by atoms with Crippen molar-refractivity contribution in [3.05, 3.63) is 28.2 Å². The van der Waals surface area contributed by atoms with E-state index < -0.39 is 9.84 Å². The lowest BCUT2D eigenvalue weighted by Gasteiger charge is -2.13. The summed E-state index contributed by atoms with van der Waals surface area (Å²) in [6.07, 6.45) is 2.49. The molecular weight excluding hydrogens is 317 g/mol. The Hall–Kier alpha value is -0.290. The molecule has 0 aliphatic rings. The highest BCUT2D eigenvalue weighted by Gasteiger charge is 2.18. The van der Waals surface area contributed by atoms with Crippen LogP contribution in [0.25, 0.3) is 0 Å². The van der Waals surface area contributed by atoms with Gasteiger partial charge in [-0.3, -0.25) is 0 Å². The second-order valence-electron chi connectivity index (χ2n) is 4.89. The zero-order chi connectivity index (χ0) is 15.2. The third-order valence-corrected chi connectivity index (χ3v) is 5.53. The van der Waals surface area contributed by atoms with Gasteiger partial charge in [-0.05, 0) is 50.9 Å². The standard InChI is InChI=1S/C14H21Cl2NO2S/c1-3-8-17-11(2)5-4-9-20(18,19)14-10-12(15)6-7-13(14)16/h6-7,10-11,17H,3-5,8-9H2,1-2H3. The molecule has 1 rings (SSSR count). The fraction of sp³-hybridized carbons (Fsp3) is 0.571. The van der Waals surface area contributed by atoms with Gasteiger partial charge in [-0.2, -0.15) is 0 Å². The molecule has 114 valence electrons. The molecule has 0 aromatic heterocycles. The van der Waals surface area contributed by atoms with Gasteiger partial charge < -0.3 is 5.32 Å². The van der Waals surface area contributed by atoms with E-state index in [0.29, 0.717) is 17.5 Å². The van der Waals surface area contributed by atoms with Gasteiger partial charge in [0.25, 0.3) is 0 Å². The second-order valence-corrected chi connectivity index (χ2v) is 7.81. The Morgan fingerprint density at radius 1 is 1.30 bits per heavy atom. The highest BCUT2D eigenvalue weighted by atomic mass is 35.5. The van der Waals surface area contributed by atoms with Gasteiger partial charge in [-0.15, -0.1) is 0 Å². The van der Waals surface area contributed by atoms with Crippen molar-refractivity contribution in [3.63, 3.8) is 0 Å². The van der Waals surface area contributed by atoms with E-state index in [2.05, 4.69) is 19.2 Å². The molecule has 1 N–H and O–H groups in total. The fourth-order valence-electron chi connectivity index (χ4n) is 1.90. The first kappa shape index (κ1) is 17.8. The van der Waals surface area contributed by atoms with Crippen LogP contribution < -0.4 is 5.32 Å². The Morgan fingerprint density at radius 3 is 2.65 bits per heavy atom. The van der Waals surface area contributed by atoms with Crippen LogP contribution in [0, 0.1) is 0 Å². The van der Waals surface area contributed by atoms with Crippen LogP contribution in [0.5, 0.6) is 0 Å². The summed E-state index contributed by atoms with van der Waals surface area (Å²) in [5.74, 6) is 0.0885. The second kappa shape index (κ2) is 8.23. The van der Waals surface area contributed by atoms with Crippen molar-refractivity contribution in [1.82, 2.24) is 5.32 Å². The summed E-state index contributed by atoms with van der Waals surface area (Å²) in [4.78, 5) is 0.126. The zero-order valence-corrected chi connectivity index (χ0v) is 14.2. The Bertz CT molecular complexity index is 532. The first-order valence-electron chi connectivity index (χ1n) is 6.78. The van der Waals surface area contributed by atoms with E-state index in [-0.39, 0.29) is 15.7 Å². The molecule has 0 aliphatic heterocycles. The van der Waals surface area contributed by atoms with Gasteiger partial charge in [-0.25, -0.2) is 8.42 Å². The molecule has 0 saturated heterocycles. The van der Waals surface area contributed by atoms with Crippen LogP contribution in [0.3, 0.4) is 0 Å². The third kappa shape index (κ3) is 5.60. The smallest absolute Gasteiger partial charge is 0.179 e. The van der Waals surface area contributed by atoms with E-state index in [1.807, 2.05) is 0 Å². The lowest BCUT2D eigenvalue weighted by Crippen LogP contribution is -2.27. The average molecular weight is 338 g/mol. The molecule has 1 aromatic rings. The molecule has 0 heterocycles. The summed E-state index contributed by atoms with van der Waals surface area (Å²) in [7, 11) is -3.37. The number of nitrogens with one attached hydrogen (secondary N) is 1. The number of rotatable bonds is 8. The minimum absolute atomic E-state index is 0.0885. The van der Waals surface area contributed by atoms with E-state index in [1.165, 1.54) is 12.1 Å². The van der Waals surface area contributed by atoms with Crippen molar-refractivity contribution in [2.45, 2.75) is 44.0 Å². The van der Waals surface area contributed by atoms with Gasteiger partial charge in [0, 0.05) is 11.1 Å². The van der Waals surface area contributed by atoms with Crippen LogP contribution in [0.1, 0.15) is 33.1 Å². The van der Waals surface area contributed by atoms with E-state index in [0.717, 1.165) is 19.4 Å². The molecule has 0 spiro atoms. The van der Waals surface area contributed by atoms with Crippen LogP contribution in [0.2, 0.25) is 10.0 Å². The van der Waals surface area contributed by atoms with Crippen LogP contribution in [-0.2, 0) is 9.84 Å². The maximum Gasteiger partial charge on any atom is 0.179 e. The van der Waals surface area contributed by atoms with Crippen molar-refractivity contribution < 1.29 is 8.42 Å². The summed E-state index contributed by atoms with van der Waals surface area (Å²) in [5.41, 5.74) is 0. The van der Waals surface area contributed by atoms with Gasteiger partial charge in [0.05, 0.1) is 15.7 Å². The molecule has 0 amide bonds. The van der Waals surface area contributed by atoms with Crippen LogP contribution in [0.15, 0.2) is 23.1 Å². The lowest BCUT2D eigenvalue weighted by atomic mass is 10.2. The highest BCUT2D eigenvalue weighted by molar-refractivity contribution is 7.91. The topological polar surface area (TPSA) is 46.2 Å². The predicted molar refractivity (Wildman–Crippen MR) is 85.5 cm³/mol. The average Bonchev–Trinajstić information content (AvgIpc) is 2.38. The molecule has 1 atom stereocenters. The summed E-state index contributed by atoms with van der Waals surface area (Å²) in [6.45, 7) is 5.12. The van der Waals surface area contributed by atoms with E-state index in [1.54, 1.807) is 6.07 Å². The lowest BCUT2D eigenvalue weighted by molar-refractivity contribution is 0.506. The molecule has 0 aliphatic carbocycles. The van der Waals surface area contributed by atoms with Crippen molar-refractivity contribution in [1.29, 1.82) is 0 Å². The van der Waals surface area contributed by atoms with Crippen molar-refractivity contribution in [2.75, 3.05) is 12.3 Å². The first-order chi connectivity index (χ1) is 9.36. The molecule has 1 aromatic carbocycles. The van der Waals surface area contributed by atoms with Crippen molar-refractivity contribution >= 4 is 33.0 Å². The van der Waals surface area contributed by atoms with Crippen molar-refractivity contribution in [3.8, 4) is 0 Å². The van der Waals surface area contributed by atoms with Gasteiger partial charge in [0.1, 0.15) is 0 Å². The summed E-state index contributed by atoms with van der Waals surface area (Å²) < 4.78 is 24.5. The molecule has 6 heteroatoms. The van der Waals surface area contributed by atoms with E-state index >= 15 is 0 Å². The summed E-state index contributed by atoms with van der Waals surface area (Å²) in [6, 6.07) is 4.83. The monoisotopic (exact) mass is 337 g/mol. The van der Waals surface area contributed by atoms with Gasteiger partial charge >= 0.3 is 0 Å². The minimum atomic E-state index is -3.37. The fourth-order valence-corrected chi connectivity index (χ4v) is 4.04. The Kier molecular flexibility index (Phi) is 7.30. The summed E-state index contributed by atoms with van der Waals surface area (Å²) in [5, 5.41) is 3.95. The molecular formula is C14H21Cl2NO2S. The molecule has 20 heavy (non-hydrogen) atoms. The first-order valence-corrected chi connectivity index (χ1v) is 9.19. The Labute approximate surface area is 131 Å². The molecule has 0 bridgehead atoms. The zero-order valence-electron chi connectivity index (χ0n) is 11.8. The minimum Gasteiger partial charge on any atom is -0.314 e. The van der Waals surface area contributed by atoms with Gasteiger partial charge in [0.15, 0.2) is 9.84 Å². The normalized spacial score (nSPS) is 13.4. The molecule has 1 unspecified atom stereocenters. The number of halogens is 2. The molecule has 0 fully saturated rings. The number of sulfone groups is 1. The molecule has 3 nitrogen and oxygen atoms in total. The SMILES string of the molecule is CCCNC(C)CCCS(=O)(=O)c1cc(Cl)ccc1Cl. The molecule has 0 saturated carbocycles. The third-order valence-electron chi connectivity index (χ3n) is 3.02. The van der Waals surface area contributed by atoms with Crippen LogP contribution in [-0.4, -0.2) is 26.8 Å². The quantitative estimate of drug-likeness (QED) is 0.781. The predicted octanol–water partition coefficient (Wildman–Crippen LogP) is 3.94. The van der Waals surface area contributed by atoms with E-state index in [4.69, 9.17) is 23.2 Å². The van der Waals surface area contributed by atoms with Crippen molar-refractivity contribution in [2.24, 2.45) is 0 Å².